The Labute approximate surface area is 260 Å². The molecular formula is C29H27N7O4S3. The minimum atomic E-state index is -0.557. The van der Waals surface area contributed by atoms with E-state index in [1.165, 1.54) is 34.4 Å². The third-order valence-corrected chi connectivity index (χ3v) is 9.43. The van der Waals surface area contributed by atoms with Crippen molar-refractivity contribution >= 4 is 68.4 Å². The summed E-state index contributed by atoms with van der Waals surface area (Å²) in [5.74, 6) is -0.977. The standard InChI is InChI=1S/C29H27N7O4S3/c1-2-40-24(39)13-18-15-41-27(32-18)33-23(38)16-42-29-35-34-28(43-29)36-21-9-6-10-22(37)25(21)19(20(14-30)26(36)31)12-11-17-7-4-3-5-8-17/h3-5,7-8,11-12,15,19H,2,6,9-10,13,16,31H2,1H3,(H,32,33,38)/b12-11+. The molecule has 0 saturated heterocycles. The Kier molecular flexibility index (Phi) is 9.65. The number of nitrogens with zero attached hydrogens (tertiary/aromatic N) is 5. The topological polar surface area (TPSA) is 164 Å². The highest BCUT2D eigenvalue weighted by Crippen LogP contribution is 2.44. The Balaban J connectivity index is 1.30. The quantitative estimate of drug-likeness (QED) is 0.235. The van der Waals surface area contributed by atoms with E-state index < -0.39 is 5.92 Å². The van der Waals surface area contributed by atoms with Gasteiger partial charge in [-0.1, -0.05) is 65.6 Å². The van der Waals surface area contributed by atoms with Crippen LogP contribution < -0.4 is 16.0 Å². The Bertz CT molecular complexity index is 1670. The average molecular weight is 634 g/mol. The number of Topliss-reactive ketones (excluding diaryl/α,β-unsaturated/α-hetero) is 1. The Hall–Kier alpha value is -4.32. The van der Waals surface area contributed by atoms with Crippen molar-refractivity contribution in [2.45, 2.75) is 36.9 Å². The van der Waals surface area contributed by atoms with Gasteiger partial charge in [-0.05, 0) is 25.3 Å². The molecular weight excluding hydrogens is 607 g/mol. The fourth-order valence-electron chi connectivity index (χ4n) is 4.75. The molecule has 1 amide bonds. The first kappa shape index (κ1) is 30.1. The summed E-state index contributed by atoms with van der Waals surface area (Å²) >= 11 is 3.64. The molecule has 2 aliphatic rings. The first-order valence-electron chi connectivity index (χ1n) is 13.4. The van der Waals surface area contributed by atoms with Crippen molar-refractivity contribution in [2.75, 3.05) is 22.6 Å². The van der Waals surface area contributed by atoms with Crippen LogP contribution in [0.15, 0.2) is 68.8 Å². The van der Waals surface area contributed by atoms with Crippen molar-refractivity contribution in [3.63, 3.8) is 0 Å². The maximum Gasteiger partial charge on any atom is 0.311 e. The monoisotopic (exact) mass is 633 g/mol. The van der Waals surface area contributed by atoms with Crippen LogP contribution in [0.5, 0.6) is 0 Å². The summed E-state index contributed by atoms with van der Waals surface area (Å²) in [5, 5.41) is 23.9. The zero-order valence-corrected chi connectivity index (χ0v) is 25.6. The van der Waals surface area contributed by atoms with Crippen molar-refractivity contribution < 1.29 is 19.1 Å². The molecule has 0 fully saturated rings. The lowest BCUT2D eigenvalue weighted by atomic mass is 9.79. The molecule has 3 N–H and O–H groups in total. The van der Waals surface area contributed by atoms with Gasteiger partial charge in [0.15, 0.2) is 15.3 Å². The molecule has 0 radical (unpaired) electrons. The number of esters is 1. The van der Waals surface area contributed by atoms with E-state index in [-0.39, 0.29) is 41.2 Å². The first-order valence-corrected chi connectivity index (χ1v) is 16.1. The van der Waals surface area contributed by atoms with E-state index in [0.29, 0.717) is 51.7 Å². The van der Waals surface area contributed by atoms with Crippen LogP contribution in [-0.2, 0) is 25.5 Å². The van der Waals surface area contributed by atoms with E-state index in [2.05, 4.69) is 26.6 Å². The number of ether oxygens (including phenoxy) is 1. The highest BCUT2D eigenvalue weighted by atomic mass is 32.2. The van der Waals surface area contributed by atoms with Gasteiger partial charge >= 0.3 is 5.97 Å². The molecule has 220 valence electrons. The third-order valence-electron chi connectivity index (χ3n) is 6.58. The van der Waals surface area contributed by atoms with E-state index >= 15 is 0 Å². The summed E-state index contributed by atoms with van der Waals surface area (Å²) in [7, 11) is 0. The molecule has 1 aliphatic heterocycles. The molecule has 11 nitrogen and oxygen atoms in total. The SMILES string of the molecule is CCOC(=O)Cc1csc(NC(=O)CSc2nnc(N3C(N)=C(C#N)C(/C=C/c4ccccc4)C4=C3CCCC4=O)s2)n1. The Morgan fingerprint density at radius 1 is 1.28 bits per heavy atom. The predicted octanol–water partition coefficient (Wildman–Crippen LogP) is 4.68. The predicted molar refractivity (Wildman–Crippen MR) is 166 cm³/mol. The molecule has 1 atom stereocenters. The van der Waals surface area contributed by atoms with E-state index in [4.69, 9.17) is 10.5 Å². The lowest BCUT2D eigenvalue weighted by Gasteiger charge is -2.37. The number of ketones is 1. The van der Waals surface area contributed by atoms with Crippen LogP contribution in [0.4, 0.5) is 10.3 Å². The van der Waals surface area contributed by atoms with Crippen LogP contribution >= 0.6 is 34.4 Å². The van der Waals surface area contributed by atoms with Gasteiger partial charge in [0.1, 0.15) is 5.82 Å². The molecule has 0 bridgehead atoms. The summed E-state index contributed by atoms with van der Waals surface area (Å²) in [5.41, 5.74) is 9.61. The molecule has 3 aromatic rings. The molecule has 1 aliphatic carbocycles. The minimum Gasteiger partial charge on any atom is -0.466 e. The van der Waals surface area contributed by atoms with Crippen LogP contribution in [0, 0.1) is 17.2 Å². The maximum atomic E-state index is 13.2. The van der Waals surface area contributed by atoms with Gasteiger partial charge in [-0.3, -0.25) is 19.3 Å². The summed E-state index contributed by atoms with van der Waals surface area (Å²) in [6.07, 6.45) is 5.46. The summed E-state index contributed by atoms with van der Waals surface area (Å²) in [6, 6.07) is 11.9. The van der Waals surface area contributed by atoms with E-state index in [0.717, 1.165) is 11.3 Å². The van der Waals surface area contributed by atoms with Crippen molar-refractivity contribution in [1.82, 2.24) is 15.2 Å². The van der Waals surface area contributed by atoms with Crippen molar-refractivity contribution in [3.8, 4) is 6.07 Å². The van der Waals surface area contributed by atoms with Gasteiger partial charge in [-0.15, -0.1) is 21.5 Å². The number of carbonyl (C=O) groups is 3. The molecule has 14 heteroatoms. The van der Waals surface area contributed by atoms with E-state index in [1.807, 2.05) is 42.5 Å². The number of aromatic nitrogens is 3. The fraction of sp³-hybridized carbons (Fsp3) is 0.276. The number of nitrogens with two attached hydrogens (primary N) is 1. The number of carbonyl (C=O) groups excluding carboxylic acids is 3. The summed E-state index contributed by atoms with van der Waals surface area (Å²) < 4.78 is 5.45. The lowest BCUT2D eigenvalue weighted by Crippen LogP contribution is -2.39. The van der Waals surface area contributed by atoms with Crippen LogP contribution in [0.1, 0.15) is 37.4 Å². The summed E-state index contributed by atoms with van der Waals surface area (Å²) in [6.45, 7) is 2.03. The highest BCUT2D eigenvalue weighted by Gasteiger charge is 2.39. The van der Waals surface area contributed by atoms with Gasteiger partial charge in [-0.25, -0.2) is 4.98 Å². The molecule has 5 rings (SSSR count). The second kappa shape index (κ2) is 13.8. The van der Waals surface area contributed by atoms with Gasteiger partial charge in [0, 0.05) is 29.0 Å². The number of hydrogen-bond acceptors (Lipinski definition) is 13. The van der Waals surface area contributed by atoms with Crippen LogP contribution in [0.25, 0.3) is 6.08 Å². The van der Waals surface area contributed by atoms with Crippen LogP contribution in [-0.4, -0.2) is 45.2 Å². The molecule has 43 heavy (non-hydrogen) atoms. The number of hydrogen-bond donors (Lipinski definition) is 2. The minimum absolute atomic E-state index is 0.0161. The zero-order valence-electron chi connectivity index (χ0n) is 23.1. The number of rotatable bonds is 10. The second-order valence-electron chi connectivity index (χ2n) is 9.44. The van der Waals surface area contributed by atoms with Gasteiger partial charge in [0.2, 0.25) is 11.0 Å². The van der Waals surface area contributed by atoms with Gasteiger partial charge in [0.25, 0.3) is 0 Å². The normalized spacial score (nSPS) is 16.8. The molecule has 1 aromatic carbocycles. The first-order chi connectivity index (χ1) is 20.9. The van der Waals surface area contributed by atoms with Gasteiger partial charge in [-0.2, -0.15) is 5.26 Å². The van der Waals surface area contributed by atoms with Gasteiger partial charge in [0.05, 0.1) is 36.1 Å². The Morgan fingerprint density at radius 2 is 2.09 bits per heavy atom. The largest absolute Gasteiger partial charge is 0.466 e. The number of thiazole rings is 1. The van der Waals surface area contributed by atoms with E-state index in [1.54, 1.807) is 17.2 Å². The molecule has 0 saturated carbocycles. The number of thioether (sulfide) groups is 1. The van der Waals surface area contributed by atoms with Crippen molar-refractivity contribution in [2.24, 2.45) is 11.7 Å². The van der Waals surface area contributed by atoms with Gasteiger partial charge < -0.3 is 15.8 Å². The van der Waals surface area contributed by atoms with E-state index in [9.17, 15) is 19.6 Å². The number of nitriles is 1. The number of amides is 1. The number of allylic oxidation sites excluding steroid dienone is 4. The third kappa shape index (κ3) is 7.02. The fourth-order valence-corrected chi connectivity index (χ4v) is 7.16. The Morgan fingerprint density at radius 3 is 2.86 bits per heavy atom. The van der Waals surface area contributed by atoms with Crippen molar-refractivity contribution in [1.29, 1.82) is 5.26 Å². The second-order valence-corrected chi connectivity index (χ2v) is 12.5. The van der Waals surface area contributed by atoms with Crippen molar-refractivity contribution in [3.05, 3.63) is 75.7 Å². The summed E-state index contributed by atoms with van der Waals surface area (Å²) in [4.78, 5) is 43.4. The molecule has 1 unspecified atom stereocenters. The molecule has 2 aromatic heterocycles. The molecule has 3 heterocycles. The lowest BCUT2D eigenvalue weighted by molar-refractivity contribution is -0.142. The van der Waals surface area contributed by atoms with Crippen LogP contribution in [0.3, 0.4) is 0 Å². The average Bonchev–Trinajstić information content (AvgIpc) is 3.64. The smallest absolute Gasteiger partial charge is 0.311 e. The number of nitrogens with one attached hydrogen (secondary N) is 1. The maximum absolute atomic E-state index is 13.2. The number of benzene rings is 1. The highest BCUT2D eigenvalue weighted by molar-refractivity contribution is 8.01. The van der Waals surface area contributed by atoms with Crippen LogP contribution in [0.2, 0.25) is 0 Å². The number of anilines is 2. The zero-order chi connectivity index (χ0) is 30.3. The molecule has 0 spiro atoms.